The number of hydrogen-bond donors (Lipinski definition) is 1. The molecule has 0 amide bonds. The van der Waals surface area contributed by atoms with Crippen molar-refractivity contribution in [2.45, 2.75) is 18.4 Å². The van der Waals surface area contributed by atoms with Crippen molar-refractivity contribution in [1.29, 1.82) is 0 Å². The van der Waals surface area contributed by atoms with Gasteiger partial charge in [-0.2, -0.15) is 4.98 Å². The number of rotatable bonds is 5. The average molecular weight is 347 g/mol. The maximum atomic E-state index is 12.1. The fourth-order valence-electron chi connectivity index (χ4n) is 2.23. The van der Waals surface area contributed by atoms with Crippen LogP contribution >= 0.6 is 0 Å². The molecule has 2 heterocycles. The van der Waals surface area contributed by atoms with Gasteiger partial charge in [-0.1, -0.05) is 17.3 Å². The van der Waals surface area contributed by atoms with Gasteiger partial charge >= 0.3 is 0 Å². The fraction of sp³-hybridized carbons (Fsp3) is 0.267. The smallest absolute Gasteiger partial charge is 0.263 e. The minimum absolute atomic E-state index is 0.260. The van der Waals surface area contributed by atoms with Gasteiger partial charge in [-0.25, -0.2) is 17.7 Å². The molecule has 24 heavy (non-hydrogen) atoms. The maximum absolute atomic E-state index is 12.1. The van der Waals surface area contributed by atoms with Gasteiger partial charge in [0.15, 0.2) is 0 Å². The van der Waals surface area contributed by atoms with E-state index in [0.717, 1.165) is 10.9 Å². The van der Waals surface area contributed by atoms with Crippen molar-refractivity contribution in [2.75, 3.05) is 19.4 Å². The van der Waals surface area contributed by atoms with Crippen LogP contribution in [0.2, 0.25) is 0 Å². The van der Waals surface area contributed by atoms with Crippen LogP contribution in [0.4, 0.5) is 5.82 Å². The summed E-state index contributed by atoms with van der Waals surface area (Å²) in [7, 11) is -0.403. The van der Waals surface area contributed by atoms with Gasteiger partial charge in [0.05, 0.1) is 10.6 Å². The third kappa shape index (κ3) is 2.95. The van der Waals surface area contributed by atoms with Crippen molar-refractivity contribution in [2.24, 2.45) is 0 Å². The molecule has 3 rings (SSSR count). The largest absolute Gasteiger partial charge is 0.365 e. The number of anilines is 1. The molecule has 0 spiro atoms. The maximum Gasteiger partial charge on any atom is 0.263 e. The van der Waals surface area contributed by atoms with Gasteiger partial charge < -0.3 is 9.84 Å². The zero-order valence-corrected chi connectivity index (χ0v) is 14.3. The van der Waals surface area contributed by atoms with E-state index in [1.165, 1.54) is 24.7 Å². The molecule has 0 bridgehead atoms. The fourth-order valence-corrected chi connectivity index (χ4v) is 3.13. The van der Waals surface area contributed by atoms with Gasteiger partial charge in [0.1, 0.15) is 17.5 Å². The van der Waals surface area contributed by atoms with E-state index in [9.17, 15) is 8.42 Å². The highest BCUT2D eigenvalue weighted by Crippen LogP contribution is 2.23. The molecular weight excluding hydrogens is 330 g/mol. The monoisotopic (exact) mass is 347 g/mol. The third-order valence-electron chi connectivity index (χ3n) is 3.61. The molecule has 0 aliphatic heterocycles. The lowest BCUT2D eigenvalue weighted by Crippen LogP contribution is -2.22. The molecule has 8 nitrogen and oxygen atoms in total. The van der Waals surface area contributed by atoms with Gasteiger partial charge in [0.2, 0.25) is 10.0 Å². The summed E-state index contributed by atoms with van der Waals surface area (Å²) in [6.45, 7) is 2.31. The highest BCUT2D eigenvalue weighted by Gasteiger charge is 2.16. The van der Waals surface area contributed by atoms with E-state index in [4.69, 9.17) is 4.52 Å². The Morgan fingerprint density at radius 2 is 1.88 bits per heavy atom. The topological polar surface area (TPSA) is 101 Å². The Balaban J connectivity index is 1.79. The van der Waals surface area contributed by atoms with Gasteiger partial charge in [-0.05, 0) is 24.6 Å². The average Bonchev–Trinajstić information content (AvgIpc) is 2.95. The summed E-state index contributed by atoms with van der Waals surface area (Å²) in [5.74, 6) is 0.628. The molecular formula is C15H17N5O3S. The molecule has 0 saturated carbocycles. The number of hydrogen-bond acceptors (Lipinski definition) is 7. The molecule has 0 atom stereocenters. The number of nitrogens with zero attached hydrogens (tertiary/aromatic N) is 4. The van der Waals surface area contributed by atoms with E-state index in [-0.39, 0.29) is 4.90 Å². The Hall–Kier alpha value is -2.52. The molecule has 3 aromatic rings. The van der Waals surface area contributed by atoms with Gasteiger partial charge in [-0.15, -0.1) is 0 Å². The molecule has 126 valence electrons. The molecule has 1 aromatic carbocycles. The Kier molecular flexibility index (Phi) is 4.20. The van der Waals surface area contributed by atoms with Crippen LogP contribution in [0.5, 0.6) is 0 Å². The van der Waals surface area contributed by atoms with Crippen molar-refractivity contribution in [3.63, 3.8) is 0 Å². The first kappa shape index (κ1) is 16.3. The molecule has 2 aromatic heterocycles. The quantitative estimate of drug-likeness (QED) is 0.751. The van der Waals surface area contributed by atoms with Crippen LogP contribution in [-0.2, 0) is 16.6 Å². The first-order valence-corrected chi connectivity index (χ1v) is 8.66. The summed E-state index contributed by atoms with van der Waals surface area (Å²) in [4.78, 5) is 8.49. The molecule has 0 saturated heterocycles. The highest BCUT2D eigenvalue weighted by atomic mass is 32.2. The van der Waals surface area contributed by atoms with Crippen LogP contribution in [0.1, 0.15) is 11.3 Å². The summed E-state index contributed by atoms with van der Waals surface area (Å²) in [5, 5.41) is 7.82. The van der Waals surface area contributed by atoms with Crippen LogP contribution in [0.25, 0.3) is 11.1 Å². The van der Waals surface area contributed by atoms with Crippen LogP contribution in [0, 0.1) is 6.92 Å². The van der Waals surface area contributed by atoms with Crippen molar-refractivity contribution in [3.05, 3.63) is 41.9 Å². The molecule has 0 fully saturated rings. The molecule has 0 aliphatic carbocycles. The number of sulfonamides is 1. The number of benzene rings is 1. The highest BCUT2D eigenvalue weighted by molar-refractivity contribution is 7.89. The number of fused-ring (bicyclic) bond motifs is 1. The Labute approximate surface area is 139 Å². The molecule has 0 unspecified atom stereocenters. The summed E-state index contributed by atoms with van der Waals surface area (Å²) >= 11 is 0. The number of aryl methyl sites for hydroxylation is 1. The van der Waals surface area contributed by atoms with Crippen molar-refractivity contribution < 1.29 is 12.9 Å². The Morgan fingerprint density at radius 3 is 2.54 bits per heavy atom. The first-order valence-electron chi connectivity index (χ1n) is 7.22. The van der Waals surface area contributed by atoms with E-state index in [0.29, 0.717) is 23.8 Å². The van der Waals surface area contributed by atoms with Crippen LogP contribution in [-0.4, -0.2) is 41.9 Å². The van der Waals surface area contributed by atoms with Crippen LogP contribution in [0.3, 0.4) is 0 Å². The number of nitrogens with one attached hydrogen (secondary N) is 1. The van der Waals surface area contributed by atoms with E-state index in [1.54, 1.807) is 24.3 Å². The molecule has 0 aliphatic rings. The van der Waals surface area contributed by atoms with Crippen molar-refractivity contribution in [1.82, 2.24) is 19.4 Å². The summed E-state index contributed by atoms with van der Waals surface area (Å²) < 4.78 is 30.4. The third-order valence-corrected chi connectivity index (χ3v) is 5.43. The van der Waals surface area contributed by atoms with Crippen molar-refractivity contribution >= 4 is 26.9 Å². The summed E-state index contributed by atoms with van der Waals surface area (Å²) in [5.41, 5.74) is 2.06. The summed E-state index contributed by atoms with van der Waals surface area (Å²) in [6, 6.07) is 6.71. The van der Waals surface area contributed by atoms with E-state index < -0.39 is 10.0 Å². The standard InChI is InChI=1S/C15H17N5O3S/c1-10-13-14(17-9-18-15(13)23-19-10)16-8-11-4-6-12(7-5-11)24(21,22)20(2)3/h4-7,9H,8H2,1-3H3,(H,16,17,18). The lowest BCUT2D eigenvalue weighted by atomic mass is 10.2. The predicted molar refractivity (Wildman–Crippen MR) is 89.0 cm³/mol. The normalized spacial score (nSPS) is 12.0. The van der Waals surface area contributed by atoms with Crippen LogP contribution < -0.4 is 5.32 Å². The molecule has 1 N–H and O–H groups in total. The minimum Gasteiger partial charge on any atom is -0.365 e. The van der Waals surface area contributed by atoms with Gasteiger partial charge in [-0.3, -0.25) is 0 Å². The Morgan fingerprint density at radius 1 is 1.17 bits per heavy atom. The zero-order valence-electron chi connectivity index (χ0n) is 13.5. The van der Waals surface area contributed by atoms with Gasteiger partial charge in [0.25, 0.3) is 5.71 Å². The SMILES string of the molecule is Cc1noc2ncnc(NCc3ccc(S(=O)(=O)N(C)C)cc3)c12. The second kappa shape index (κ2) is 6.17. The lowest BCUT2D eigenvalue weighted by Gasteiger charge is -2.12. The summed E-state index contributed by atoms with van der Waals surface area (Å²) in [6.07, 6.45) is 1.40. The zero-order chi connectivity index (χ0) is 17.3. The second-order valence-electron chi connectivity index (χ2n) is 5.46. The van der Waals surface area contributed by atoms with Crippen LogP contribution in [0.15, 0.2) is 40.0 Å². The van der Waals surface area contributed by atoms with E-state index in [2.05, 4.69) is 20.4 Å². The van der Waals surface area contributed by atoms with E-state index >= 15 is 0 Å². The predicted octanol–water partition coefficient (Wildman–Crippen LogP) is 1.79. The lowest BCUT2D eigenvalue weighted by molar-refractivity contribution is 0.442. The second-order valence-corrected chi connectivity index (χ2v) is 7.61. The minimum atomic E-state index is -3.42. The number of aromatic nitrogens is 3. The van der Waals surface area contributed by atoms with Crippen molar-refractivity contribution in [3.8, 4) is 0 Å². The van der Waals surface area contributed by atoms with E-state index in [1.807, 2.05) is 6.92 Å². The Bertz CT molecular complexity index is 964. The molecule has 9 heteroatoms. The molecule has 0 radical (unpaired) electrons. The first-order chi connectivity index (χ1) is 11.4. The van der Waals surface area contributed by atoms with Gasteiger partial charge in [0, 0.05) is 20.6 Å².